The summed E-state index contributed by atoms with van der Waals surface area (Å²) in [5, 5.41) is 2.88. The number of aromatic nitrogens is 2. The Bertz CT molecular complexity index is 714. The molecule has 1 aromatic heterocycles. The average molecular weight is 333 g/mol. The van der Waals surface area contributed by atoms with Crippen molar-refractivity contribution in [2.24, 2.45) is 0 Å². The fourth-order valence-corrected chi connectivity index (χ4v) is 2.74. The van der Waals surface area contributed by atoms with Crippen molar-refractivity contribution in [1.29, 1.82) is 0 Å². The Morgan fingerprint density at radius 1 is 1.26 bits per heavy atom. The summed E-state index contributed by atoms with van der Waals surface area (Å²) >= 11 is 5.02. The van der Waals surface area contributed by atoms with Gasteiger partial charge in [0.2, 0.25) is 5.91 Å². The Morgan fingerprint density at radius 3 is 2.61 bits per heavy atom. The summed E-state index contributed by atoms with van der Waals surface area (Å²) in [7, 11) is 0. The molecule has 2 N–H and O–H groups in total. The minimum absolute atomic E-state index is 0.00615. The van der Waals surface area contributed by atoms with Gasteiger partial charge in [0.25, 0.3) is 0 Å². The van der Waals surface area contributed by atoms with Gasteiger partial charge in [0.1, 0.15) is 5.82 Å². The predicted octanol–water partition coefficient (Wildman–Crippen LogP) is 3.19. The Balaban J connectivity index is 1.79. The summed E-state index contributed by atoms with van der Waals surface area (Å²) < 4.78 is 13.3. The highest BCUT2D eigenvalue weighted by Gasteiger charge is 2.08. The van der Waals surface area contributed by atoms with E-state index >= 15 is 0 Å². The first-order chi connectivity index (χ1) is 11.0. The maximum absolute atomic E-state index is 12.8. The molecular weight excluding hydrogens is 313 g/mol. The highest BCUT2D eigenvalue weighted by atomic mass is 32.1. The van der Waals surface area contributed by atoms with Crippen LogP contribution in [0.15, 0.2) is 24.3 Å². The van der Waals surface area contributed by atoms with Crippen LogP contribution >= 0.6 is 12.2 Å². The number of hydrogen-bond acceptors (Lipinski definition) is 3. The number of nitrogens with zero attached hydrogens (tertiary/aromatic N) is 1. The first kappa shape index (κ1) is 17.3. The maximum Gasteiger partial charge on any atom is 0.220 e. The molecule has 2 aromatic rings. The Hall–Kier alpha value is -2.08. The second-order valence-electron chi connectivity index (χ2n) is 5.46. The number of carbonyl (C=O) groups excluding carboxylic acids is 1. The quantitative estimate of drug-likeness (QED) is 0.798. The van der Waals surface area contributed by atoms with Crippen LogP contribution in [0.25, 0.3) is 0 Å². The van der Waals surface area contributed by atoms with Gasteiger partial charge in [0.15, 0.2) is 4.77 Å². The molecule has 0 aliphatic heterocycles. The third-order valence-corrected chi connectivity index (χ3v) is 3.90. The fourth-order valence-electron chi connectivity index (χ4n) is 2.45. The number of aromatic amines is 1. The van der Waals surface area contributed by atoms with Crippen molar-refractivity contribution in [2.75, 3.05) is 6.54 Å². The molecule has 0 saturated carbocycles. The van der Waals surface area contributed by atoms with Gasteiger partial charge in [-0.25, -0.2) is 9.37 Å². The van der Waals surface area contributed by atoms with E-state index in [1.54, 1.807) is 12.1 Å². The summed E-state index contributed by atoms with van der Waals surface area (Å²) in [5.41, 5.74) is 3.86. The van der Waals surface area contributed by atoms with Gasteiger partial charge < -0.3 is 10.3 Å². The van der Waals surface area contributed by atoms with Crippen molar-refractivity contribution in [1.82, 2.24) is 15.3 Å². The molecule has 0 atom stereocenters. The van der Waals surface area contributed by atoms with Crippen LogP contribution in [-0.2, 0) is 17.6 Å². The monoisotopic (exact) mass is 333 g/mol. The molecule has 1 amide bonds. The highest BCUT2D eigenvalue weighted by Crippen LogP contribution is 2.11. The summed E-state index contributed by atoms with van der Waals surface area (Å²) in [6.45, 7) is 4.38. The number of benzene rings is 1. The van der Waals surface area contributed by atoms with Crippen LogP contribution in [0.2, 0.25) is 0 Å². The SMILES string of the molecule is Cc1nc(=S)[nH]c(C)c1CCC(=O)NCCc1ccc(F)cc1. The number of nitrogens with one attached hydrogen (secondary N) is 2. The van der Waals surface area contributed by atoms with Gasteiger partial charge in [-0.05, 0) is 62.2 Å². The molecule has 2 rings (SSSR count). The van der Waals surface area contributed by atoms with Crippen molar-refractivity contribution in [3.8, 4) is 0 Å². The van der Waals surface area contributed by atoms with Crippen molar-refractivity contribution in [3.63, 3.8) is 0 Å². The van der Waals surface area contributed by atoms with Crippen LogP contribution in [0.5, 0.6) is 0 Å². The van der Waals surface area contributed by atoms with E-state index in [0.717, 1.165) is 22.5 Å². The highest BCUT2D eigenvalue weighted by molar-refractivity contribution is 7.71. The third-order valence-electron chi connectivity index (χ3n) is 3.70. The number of halogens is 1. The van der Waals surface area contributed by atoms with Gasteiger partial charge in [-0.1, -0.05) is 12.1 Å². The lowest BCUT2D eigenvalue weighted by molar-refractivity contribution is -0.121. The van der Waals surface area contributed by atoms with Crippen molar-refractivity contribution < 1.29 is 9.18 Å². The van der Waals surface area contributed by atoms with Gasteiger partial charge in [-0.15, -0.1) is 0 Å². The third kappa shape index (κ3) is 5.25. The summed E-state index contributed by atoms with van der Waals surface area (Å²) in [4.78, 5) is 19.2. The minimum Gasteiger partial charge on any atom is -0.356 e. The number of carbonyl (C=O) groups is 1. The van der Waals surface area contributed by atoms with E-state index in [4.69, 9.17) is 12.2 Å². The molecule has 0 spiro atoms. The Morgan fingerprint density at radius 2 is 1.96 bits per heavy atom. The van der Waals surface area contributed by atoms with Crippen LogP contribution < -0.4 is 5.32 Å². The minimum atomic E-state index is -0.251. The molecule has 0 unspecified atom stereocenters. The molecule has 0 fully saturated rings. The van der Waals surface area contributed by atoms with Crippen LogP contribution in [0.1, 0.15) is 28.9 Å². The van der Waals surface area contributed by atoms with Gasteiger partial charge in [-0.3, -0.25) is 4.79 Å². The number of rotatable bonds is 6. The van der Waals surface area contributed by atoms with Crippen molar-refractivity contribution >= 4 is 18.1 Å². The van der Waals surface area contributed by atoms with Crippen LogP contribution in [0.3, 0.4) is 0 Å². The molecule has 122 valence electrons. The number of H-pyrrole nitrogens is 1. The summed E-state index contributed by atoms with van der Waals surface area (Å²) in [6.07, 6.45) is 1.71. The molecule has 0 aliphatic rings. The van der Waals surface area contributed by atoms with Gasteiger partial charge in [0.05, 0.1) is 0 Å². The first-order valence-electron chi connectivity index (χ1n) is 7.53. The zero-order valence-corrected chi connectivity index (χ0v) is 14.1. The number of hydrogen-bond donors (Lipinski definition) is 2. The second-order valence-corrected chi connectivity index (χ2v) is 5.84. The molecule has 0 radical (unpaired) electrons. The molecule has 6 heteroatoms. The standard InChI is InChI=1S/C17H20FN3OS/c1-11-15(12(2)21-17(23)20-11)7-8-16(22)19-10-9-13-3-5-14(18)6-4-13/h3-6H,7-10H2,1-2H3,(H,19,22)(H,20,21,23). The van der Waals surface area contributed by atoms with Crippen LogP contribution in [0, 0.1) is 24.4 Å². The molecule has 0 aliphatic carbocycles. The van der Waals surface area contributed by atoms with E-state index in [2.05, 4.69) is 15.3 Å². The Labute approximate surface area is 140 Å². The fraction of sp³-hybridized carbons (Fsp3) is 0.353. The van der Waals surface area contributed by atoms with Crippen molar-refractivity contribution in [2.45, 2.75) is 33.1 Å². The van der Waals surface area contributed by atoms with E-state index in [9.17, 15) is 9.18 Å². The largest absolute Gasteiger partial charge is 0.356 e. The zero-order valence-electron chi connectivity index (χ0n) is 13.3. The lowest BCUT2D eigenvalue weighted by atomic mass is 10.1. The van der Waals surface area contributed by atoms with Gasteiger partial charge in [-0.2, -0.15) is 0 Å². The average Bonchev–Trinajstić information content (AvgIpc) is 2.48. The van der Waals surface area contributed by atoms with E-state index in [-0.39, 0.29) is 11.7 Å². The van der Waals surface area contributed by atoms with Crippen molar-refractivity contribution in [3.05, 3.63) is 57.4 Å². The van der Waals surface area contributed by atoms with E-state index in [0.29, 0.717) is 30.6 Å². The lowest BCUT2D eigenvalue weighted by Crippen LogP contribution is -2.26. The molecule has 4 nitrogen and oxygen atoms in total. The molecule has 23 heavy (non-hydrogen) atoms. The summed E-state index contributed by atoms with van der Waals surface area (Å²) in [5.74, 6) is -0.257. The van der Waals surface area contributed by atoms with Gasteiger partial charge in [0, 0.05) is 24.4 Å². The molecule has 1 aromatic carbocycles. The van der Waals surface area contributed by atoms with E-state index < -0.39 is 0 Å². The first-order valence-corrected chi connectivity index (χ1v) is 7.94. The Kier molecular flexibility index (Phi) is 5.98. The zero-order chi connectivity index (χ0) is 16.8. The smallest absolute Gasteiger partial charge is 0.220 e. The maximum atomic E-state index is 12.8. The number of amides is 1. The van der Waals surface area contributed by atoms with E-state index in [1.165, 1.54) is 12.1 Å². The molecule has 0 bridgehead atoms. The van der Waals surface area contributed by atoms with Gasteiger partial charge >= 0.3 is 0 Å². The van der Waals surface area contributed by atoms with E-state index in [1.807, 2.05) is 13.8 Å². The summed E-state index contributed by atoms with van der Waals surface area (Å²) in [6, 6.07) is 6.31. The molecule has 0 saturated heterocycles. The lowest BCUT2D eigenvalue weighted by Gasteiger charge is -2.09. The molecular formula is C17H20FN3OS. The number of aryl methyl sites for hydroxylation is 2. The molecule has 1 heterocycles. The van der Waals surface area contributed by atoms with Crippen LogP contribution in [0.4, 0.5) is 4.39 Å². The predicted molar refractivity (Wildman–Crippen MR) is 90.3 cm³/mol. The normalized spacial score (nSPS) is 10.6. The van der Waals surface area contributed by atoms with Crippen LogP contribution in [-0.4, -0.2) is 22.4 Å². The second kappa shape index (κ2) is 7.97. The topological polar surface area (TPSA) is 57.8 Å².